The van der Waals surface area contributed by atoms with Gasteiger partial charge in [0.2, 0.25) is 0 Å². The average Bonchev–Trinajstić information content (AvgIpc) is 3.52. The predicted octanol–water partition coefficient (Wildman–Crippen LogP) is 6.59. The summed E-state index contributed by atoms with van der Waals surface area (Å²) in [5.41, 5.74) is 3.64. The molecule has 0 saturated carbocycles. The second-order valence-electron chi connectivity index (χ2n) is 7.25. The molecule has 8 heteroatoms. The molecule has 0 bridgehead atoms. The number of thiophene rings is 1. The van der Waals surface area contributed by atoms with Gasteiger partial charge in [-0.3, -0.25) is 4.68 Å². The minimum atomic E-state index is -0.357. The topological polar surface area (TPSA) is 57.0 Å². The largest absolute Gasteiger partial charge is 0.455 e. The maximum absolute atomic E-state index is 12.7. The van der Waals surface area contributed by atoms with Crippen molar-refractivity contribution in [3.05, 3.63) is 92.9 Å². The third-order valence-electron chi connectivity index (χ3n) is 5.01. The fraction of sp³-hybridized carbons (Fsp3) is 0.125. The lowest BCUT2D eigenvalue weighted by molar-refractivity contribution is 0.0474. The first kappa shape index (κ1) is 20.9. The minimum absolute atomic E-state index is 0.140. The van der Waals surface area contributed by atoms with Gasteiger partial charge in [0.05, 0.1) is 17.9 Å². The van der Waals surface area contributed by atoms with Crippen molar-refractivity contribution in [1.29, 1.82) is 0 Å². The van der Waals surface area contributed by atoms with Gasteiger partial charge in [0.1, 0.15) is 21.3 Å². The summed E-state index contributed by atoms with van der Waals surface area (Å²) >= 11 is 9.23. The monoisotopic (exact) mass is 479 g/mol. The van der Waals surface area contributed by atoms with Crippen LogP contribution < -0.4 is 0 Å². The molecule has 0 fully saturated rings. The van der Waals surface area contributed by atoms with E-state index in [1.807, 2.05) is 77.6 Å². The highest BCUT2D eigenvalue weighted by Crippen LogP contribution is 2.30. The molecule has 3 aromatic heterocycles. The Morgan fingerprint density at radius 3 is 2.72 bits per heavy atom. The smallest absolute Gasteiger partial charge is 0.348 e. The second kappa shape index (κ2) is 8.86. The first-order valence-electron chi connectivity index (χ1n) is 9.96. The van der Waals surface area contributed by atoms with Crippen LogP contribution in [-0.2, 0) is 17.9 Å². The summed E-state index contributed by atoms with van der Waals surface area (Å²) in [5.74, 6) is -0.357. The van der Waals surface area contributed by atoms with Gasteiger partial charge in [-0.05, 0) is 24.6 Å². The highest BCUT2D eigenvalue weighted by molar-refractivity contribution is 7.20. The maximum Gasteiger partial charge on any atom is 0.348 e. The number of ether oxygens (including phenoxy) is 1. The number of carbonyl (C=O) groups excluding carboxylic acids is 1. The number of halogens is 1. The highest BCUT2D eigenvalue weighted by Gasteiger charge is 2.18. The van der Waals surface area contributed by atoms with E-state index in [9.17, 15) is 4.79 Å². The molecule has 0 amide bonds. The number of aryl methyl sites for hydroxylation is 1. The van der Waals surface area contributed by atoms with E-state index in [0.29, 0.717) is 16.4 Å². The Balaban J connectivity index is 1.31. The number of nitrogens with zero attached hydrogens (tertiary/aromatic N) is 3. The fourth-order valence-electron chi connectivity index (χ4n) is 3.41. The molecule has 32 heavy (non-hydrogen) atoms. The summed E-state index contributed by atoms with van der Waals surface area (Å²) in [6, 6.07) is 19.5. The zero-order valence-corrected chi connectivity index (χ0v) is 19.5. The fourth-order valence-corrected chi connectivity index (χ4v) is 5.47. The molecule has 5 nitrogen and oxygen atoms in total. The van der Waals surface area contributed by atoms with Crippen molar-refractivity contribution >= 4 is 50.5 Å². The SMILES string of the molecule is Cc1nn(Cc2ccccc2Cl)c2sc(C(=O)OCc3csc(-c4ccccc4)n3)cc12. The number of hydrogen-bond donors (Lipinski definition) is 0. The molecule has 160 valence electrons. The molecule has 0 saturated heterocycles. The number of hydrogen-bond acceptors (Lipinski definition) is 6. The van der Waals surface area contributed by atoms with Crippen LogP contribution >= 0.6 is 34.3 Å². The summed E-state index contributed by atoms with van der Waals surface area (Å²) in [7, 11) is 0. The lowest BCUT2D eigenvalue weighted by Crippen LogP contribution is -2.04. The summed E-state index contributed by atoms with van der Waals surface area (Å²) in [6.07, 6.45) is 0. The number of carbonyl (C=O) groups is 1. The number of benzene rings is 2. The molecule has 3 heterocycles. The third kappa shape index (κ3) is 4.19. The van der Waals surface area contributed by atoms with Crippen LogP contribution in [0.5, 0.6) is 0 Å². The van der Waals surface area contributed by atoms with Gasteiger partial charge in [-0.15, -0.1) is 22.7 Å². The lowest BCUT2D eigenvalue weighted by Gasteiger charge is -2.05. The van der Waals surface area contributed by atoms with Crippen LogP contribution in [-0.4, -0.2) is 20.7 Å². The molecule has 0 aliphatic rings. The van der Waals surface area contributed by atoms with Gasteiger partial charge in [0, 0.05) is 21.4 Å². The highest BCUT2D eigenvalue weighted by atomic mass is 35.5. The Morgan fingerprint density at radius 2 is 1.91 bits per heavy atom. The average molecular weight is 480 g/mol. The Hall–Kier alpha value is -3.00. The summed E-state index contributed by atoms with van der Waals surface area (Å²) in [4.78, 5) is 18.8. The van der Waals surface area contributed by atoms with E-state index >= 15 is 0 Å². The van der Waals surface area contributed by atoms with E-state index in [0.717, 1.165) is 37.7 Å². The van der Waals surface area contributed by atoms with Crippen LogP contribution in [0.15, 0.2) is 66.0 Å². The van der Waals surface area contributed by atoms with Crippen LogP contribution in [0.1, 0.15) is 26.6 Å². The van der Waals surface area contributed by atoms with Crippen molar-refractivity contribution in [2.24, 2.45) is 0 Å². The standard InChI is InChI=1S/C24H18ClN3O2S2/c1-15-19-11-21(32-23(19)28(27-15)12-17-9-5-6-10-20(17)25)24(29)30-13-18-14-31-22(26-18)16-7-3-2-4-8-16/h2-11,14H,12-13H2,1H3. The second-order valence-corrected chi connectivity index (χ2v) is 9.55. The zero-order chi connectivity index (χ0) is 22.1. The van der Waals surface area contributed by atoms with Gasteiger partial charge in [-0.2, -0.15) is 5.10 Å². The predicted molar refractivity (Wildman–Crippen MR) is 130 cm³/mol. The van der Waals surface area contributed by atoms with Crippen molar-refractivity contribution in [2.75, 3.05) is 0 Å². The molecule has 0 spiro atoms. The Morgan fingerprint density at radius 1 is 1.12 bits per heavy atom. The minimum Gasteiger partial charge on any atom is -0.455 e. The van der Waals surface area contributed by atoms with E-state index < -0.39 is 0 Å². The number of aromatic nitrogens is 3. The molecule has 0 atom stereocenters. The number of esters is 1. The van der Waals surface area contributed by atoms with Crippen molar-refractivity contribution in [1.82, 2.24) is 14.8 Å². The first-order valence-corrected chi connectivity index (χ1v) is 12.0. The van der Waals surface area contributed by atoms with Crippen LogP contribution in [0.2, 0.25) is 5.02 Å². The van der Waals surface area contributed by atoms with E-state index in [-0.39, 0.29) is 12.6 Å². The van der Waals surface area contributed by atoms with E-state index in [1.165, 1.54) is 22.7 Å². The van der Waals surface area contributed by atoms with Crippen molar-refractivity contribution < 1.29 is 9.53 Å². The lowest BCUT2D eigenvalue weighted by atomic mass is 10.2. The van der Waals surface area contributed by atoms with Crippen molar-refractivity contribution in [3.63, 3.8) is 0 Å². The normalized spacial score (nSPS) is 11.2. The van der Waals surface area contributed by atoms with Crippen molar-refractivity contribution in [3.8, 4) is 10.6 Å². The van der Waals surface area contributed by atoms with Gasteiger partial charge < -0.3 is 4.74 Å². The summed E-state index contributed by atoms with van der Waals surface area (Å²) in [5, 5.41) is 9.10. The van der Waals surface area contributed by atoms with Crippen LogP contribution in [0.25, 0.3) is 20.8 Å². The Kier molecular flexibility index (Phi) is 5.78. The zero-order valence-electron chi connectivity index (χ0n) is 17.1. The number of fused-ring (bicyclic) bond motifs is 1. The quantitative estimate of drug-likeness (QED) is 0.258. The molecule has 0 N–H and O–H groups in total. The molecule has 0 radical (unpaired) electrons. The molecule has 0 aliphatic heterocycles. The van der Waals surface area contributed by atoms with Crippen molar-refractivity contribution in [2.45, 2.75) is 20.1 Å². The summed E-state index contributed by atoms with van der Waals surface area (Å²) < 4.78 is 7.43. The molecular weight excluding hydrogens is 462 g/mol. The number of thiazole rings is 1. The van der Waals surface area contributed by atoms with Crippen LogP contribution in [0.4, 0.5) is 0 Å². The van der Waals surface area contributed by atoms with E-state index in [1.54, 1.807) is 0 Å². The third-order valence-corrected chi connectivity index (χ3v) is 7.45. The maximum atomic E-state index is 12.7. The van der Waals surface area contributed by atoms with E-state index in [4.69, 9.17) is 16.3 Å². The van der Waals surface area contributed by atoms with Gasteiger partial charge in [-0.25, -0.2) is 9.78 Å². The van der Waals surface area contributed by atoms with Crippen LogP contribution in [0.3, 0.4) is 0 Å². The van der Waals surface area contributed by atoms with Gasteiger partial charge >= 0.3 is 5.97 Å². The van der Waals surface area contributed by atoms with Gasteiger partial charge in [0.15, 0.2) is 0 Å². The molecule has 5 rings (SSSR count). The summed E-state index contributed by atoms with van der Waals surface area (Å²) in [6.45, 7) is 2.62. The Labute approximate surface area is 197 Å². The van der Waals surface area contributed by atoms with Crippen LogP contribution in [0, 0.1) is 6.92 Å². The first-order chi connectivity index (χ1) is 15.6. The van der Waals surface area contributed by atoms with Gasteiger partial charge in [-0.1, -0.05) is 60.1 Å². The Bertz CT molecular complexity index is 1410. The molecule has 0 unspecified atom stereocenters. The molecule has 5 aromatic rings. The molecule has 0 aliphatic carbocycles. The van der Waals surface area contributed by atoms with Gasteiger partial charge in [0.25, 0.3) is 0 Å². The van der Waals surface area contributed by atoms with E-state index in [2.05, 4.69) is 10.1 Å². The molecular formula is C24H18ClN3O2S2. The molecule has 2 aromatic carbocycles. The number of rotatable bonds is 6.